The lowest BCUT2D eigenvalue weighted by Gasteiger charge is -2.32. The SMILES string of the molecule is Cc1ccc(NC(=O)C2(N)CCOCC2)cc1S(=O)(=O)N1CCCCC1. The molecule has 26 heavy (non-hydrogen) atoms. The molecule has 1 aromatic rings. The summed E-state index contributed by atoms with van der Waals surface area (Å²) in [6.45, 7) is 3.76. The lowest BCUT2D eigenvalue weighted by molar-refractivity contribution is -0.124. The Labute approximate surface area is 154 Å². The Bertz CT molecular complexity index is 767. The van der Waals surface area contributed by atoms with Crippen LogP contribution in [0.15, 0.2) is 23.1 Å². The zero-order chi connectivity index (χ0) is 18.8. The zero-order valence-corrected chi connectivity index (χ0v) is 16.0. The number of hydrogen-bond donors (Lipinski definition) is 2. The Morgan fingerprint density at radius 1 is 1.19 bits per heavy atom. The van der Waals surface area contributed by atoms with Crippen LogP contribution in [0.4, 0.5) is 5.69 Å². The molecule has 1 aromatic carbocycles. The van der Waals surface area contributed by atoms with Crippen molar-refractivity contribution in [1.29, 1.82) is 0 Å². The van der Waals surface area contributed by atoms with Gasteiger partial charge in [0.15, 0.2) is 0 Å². The van der Waals surface area contributed by atoms with E-state index in [0.29, 0.717) is 50.4 Å². The number of sulfonamides is 1. The monoisotopic (exact) mass is 381 g/mol. The van der Waals surface area contributed by atoms with E-state index >= 15 is 0 Å². The highest BCUT2D eigenvalue weighted by atomic mass is 32.2. The summed E-state index contributed by atoms with van der Waals surface area (Å²) in [5.74, 6) is -0.300. The Hall–Kier alpha value is -1.48. The molecule has 0 spiro atoms. The second-order valence-corrected chi connectivity index (χ2v) is 9.07. The Morgan fingerprint density at radius 3 is 2.50 bits per heavy atom. The van der Waals surface area contributed by atoms with Crippen molar-refractivity contribution in [2.24, 2.45) is 5.73 Å². The molecule has 0 radical (unpaired) electrons. The average Bonchev–Trinajstić information content (AvgIpc) is 2.64. The van der Waals surface area contributed by atoms with Crippen molar-refractivity contribution in [2.45, 2.75) is 49.5 Å². The van der Waals surface area contributed by atoms with Gasteiger partial charge in [0.2, 0.25) is 15.9 Å². The number of amides is 1. The molecule has 1 amide bonds. The van der Waals surface area contributed by atoms with Crippen LogP contribution >= 0.6 is 0 Å². The van der Waals surface area contributed by atoms with Crippen LogP contribution in [-0.4, -0.2) is 50.5 Å². The van der Waals surface area contributed by atoms with Crippen LogP contribution in [0.1, 0.15) is 37.7 Å². The van der Waals surface area contributed by atoms with E-state index in [0.717, 1.165) is 19.3 Å². The summed E-state index contributed by atoms with van der Waals surface area (Å²) in [6.07, 6.45) is 3.72. The van der Waals surface area contributed by atoms with Crippen LogP contribution in [-0.2, 0) is 19.6 Å². The highest BCUT2D eigenvalue weighted by molar-refractivity contribution is 7.89. The number of carbonyl (C=O) groups excluding carboxylic acids is 1. The largest absolute Gasteiger partial charge is 0.381 e. The van der Waals surface area contributed by atoms with Gasteiger partial charge in [-0.1, -0.05) is 12.5 Å². The number of anilines is 1. The first-order valence-electron chi connectivity index (χ1n) is 9.12. The summed E-state index contributed by atoms with van der Waals surface area (Å²) in [5, 5.41) is 2.79. The molecule has 8 heteroatoms. The minimum atomic E-state index is -3.56. The standard InChI is InChI=1S/C18H27N3O4S/c1-14-5-6-15(20-17(22)18(19)7-11-25-12-8-18)13-16(14)26(23,24)21-9-3-2-4-10-21/h5-6,13H,2-4,7-12,19H2,1H3,(H,20,22). The minimum absolute atomic E-state index is 0.246. The molecule has 2 fully saturated rings. The van der Waals surface area contributed by atoms with Crippen molar-refractivity contribution in [3.8, 4) is 0 Å². The van der Waals surface area contributed by atoms with Crippen molar-refractivity contribution in [1.82, 2.24) is 4.31 Å². The summed E-state index contributed by atoms with van der Waals surface area (Å²) in [6, 6.07) is 4.98. The Balaban J connectivity index is 1.82. The minimum Gasteiger partial charge on any atom is -0.381 e. The van der Waals surface area contributed by atoms with E-state index in [1.54, 1.807) is 25.1 Å². The predicted molar refractivity (Wildman–Crippen MR) is 99.4 cm³/mol. The first kappa shape index (κ1) is 19.3. The van der Waals surface area contributed by atoms with Crippen molar-refractivity contribution in [2.75, 3.05) is 31.6 Å². The molecule has 144 valence electrons. The fourth-order valence-electron chi connectivity index (χ4n) is 3.42. The van der Waals surface area contributed by atoms with Gasteiger partial charge in [-0.15, -0.1) is 0 Å². The van der Waals surface area contributed by atoms with Crippen molar-refractivity contribution in [3.05, 3.63) is 23.8 Å². The lowest BCUT2D eigenvalue weighted by Crippen LogP contribution is -2.54. The molecular formula is C18H27N3O4S. The summed E-state index contributed by atoms with van der Waals surface area (Å²) >= 11 is 0. The summed E-state index contributed by atoms with van der Waals surface area (Å²) in [5.41, 5.74) is 6.35. The second kappa shape index (κ2) is 7.64. The van der Waals surface area contributed by atoms with Crippen molar-refractivity contribution >= 4 is 21.6 Å². The van der Waals surface area contributed by atoms with Gasteiger partial charge in [-0.3, -0.25) is 4.79 Å². The van der Waals surface area contributed by atoms with E-state index in [1.807, 2.05) is 0 Å². The third-order valence-corrected chi connectivity index (χ3v) is 7.26. The molecule has 2 saturated heterocycles. The van der Waals surface area contributed by atoms with Gasteiger partial charge in [-0.25, -0.2) is 8.42 Å². The van der Waals surface area contributed by atoms with E-state index in [9.17, 15) is 13.2 Å². The van der Waals surface area contributed by atoms with Gasteiger partial charge in [-0.05, 0) is 50.3 Å². The number of ether oxygens (including phenoxy) is 1. The third kappa shape index (κ3) is 3.93. The van der Waals surface area contributed by atoms with Gasteiger partial charge in [0, 0.05) is 32.0 Å². The highest BCUT2D eigenvalue weighted by Gasteiger charge is 2.36. The van der Waals surface area contributed by atoms with Crippen LogP contribution in [0.25, 0.3) is 0 Å². The third-order valence-electron chi connectivity index (χ3n) is 5.22. The number of piperidine rings is 1. The van der Waals surface area contributed by atoms with Gasteiger partial charge < -0.3 is 15.8 Å². The van der Waals surface area contributed by atoms with Crippen LogP contribution in [0.2, 0.25) is 0 Å². The van der Waals surface area contributed by atoms with Crippen molar-refractivity contribution < 1.29 is 17.9 Å². The molecular weight excluding hydrogens is 354 g/mol. The molecule has 0 atom stereocenters. The van der Waals surface area contributed by atoms with Gasteiger partial charge >= 0.3 is 0 Å². The molecule has 0 saturated carbocycles. The maximum atomic E-state index is 13.0. The smallest absolute Gasteiger partial charge is 0.244 e. The normalized spacial score (nSPS) is 21.3. The molecule has 0 bridgehead atoms. The first-order chi connectivity index (χ1) is 12.3. The highest BCUT2D eigenvalue weighted by Crippen LogP contribution is 2.27. The molecule has 0 aliphatic carbocycles. The van der Waals surface area contributed by atoms with Gasteiger partial charge in [0.25, 0.3) is 0 Å². The van der Waals surface area contributed by atoms with E-state index in [2.05, 4.69) is 5.32 Å². The molecule has 0 unspecified atom stereocenters. The van der Waals surface area contributed by atoms with Crippen LogP contribution in [0.3, 0.4) is 0 Å². The van der Waals surface area contributed by atoms with E-state index < -0.39 is 15.6 Å². The lowest BCUT2D eigenvalue weighted by atomic mass is 9.90. The number of aryl methyl sites for hydroxylation is 1. The number of hydrogen-bond acceptors (Lipinski definition) is 5. The molecule has 3 N–H and O–H groups in total. The van der Waals surface area contributed by atoms with Gasteiger partial charge in [0.05, 0.1) is 4.90 Å². The van der Waals surface area contributed by atoms with Crippen LogP contribution < -0.4 is 11.1 Å². The average molecular weight is 381 g/mol. The summed E-state index contributed by atoms with van der Waals surface area (Å²) in [4.78, 5) is 12.8. The van der Waals surface area contributed by atoms with Gasteiger partial charge in [-0.2, -0.15) is 4.31 Å². The van der Waals surface area contributed by atoms with Gasteiger partial charge in [0.1, 0.15) is 5.54 Å². The molecule has 0 aromatic heterocycles. The maximum absolute atomic E-state index is 13.0. The number of rotatable bonds is 4. The Kier molecular flexibility index (Phi) is 5.67. The van der Waals surface area contributed by atoms with E-state index in [4.69, 9.17) is 10.5 Å². The summed E-state index contributed by atoms with van der Waals surface area (Å²) in [7, 11) is -3.56. The second-order valence-electron chi connectivity index (χ2n) is 7.17. The molecule has 2 aliphatic heterocycles. The number of nitrogens with one attached hydrogen (secondary N) is 1. The Morgan fingerprint density at radius 2 is 1.85 bits per heavy atom. The molecule has 2 aliphatic rings. The van der Waals surface area contributed by atoms with E-state index in [-0.39, 0.29) is 10.8 Å². The predicted octanol–water partition coefficient (Wildman–Crippen LogP) is 1.62. The number of benzene rings is 1. The fraction of sp³-hybridized carbons (Fsp3) is 0.611. The van der Waals surface area contributed by atoms with Crippen LogP contribution in [0.5, 0.6) is 0 Å². The summed E-state index contributed by atoms with van der Waals surface area (Å²) < 4.78 is 32.8. The zero-order valence-electron chi connectivity index (χ0n) is 15.2. The number of carbonyl (C=O) groups is 1. The topological polar surface area (TPSA) is 102 Å². The fourth-order valence-corrected chi connectivity index (χ4v) is 5.19. The maximum Gasteiger partial charge on any atom is 0.244 e. The van der Waals surface area contributed by atoms with E-state index in [1.165, 1.54) is 4.31 Å². The number of nitrogens with zero attached hydrogens (tertiary/aromatic N) is 1. The van der Waals surface area contributed by atoms with Crippen molar-refractivity contribution in [3.63, 3.8) is 0 Å². The first-order valence-corrected chi connectivity index (χ1v) is 10.6. The molecule has 7 nitrogen and oxygen atoms in total. The van der Waals surface area contributed by atoms with Crippen LogP contribution in [0, 0.1) is 6.92 Å². The molecule has 2 heterocycles. The molecule has 3 rings (SSSR count). The number of nitrogens with two attached hydrogens (primary N) is 1. The quantitative estimate of drug-likeness (QED) is 0.825.